The van der Waals surface area contributed by atoms with E-state index in [1.807, 2.05) is 0 Å². The number of hydrogen-bond acceptors (Lipinski definition) is 2. The molecule has 0 aliphatic rings. The van der Waals surface area contributed by atoms with Crippen molar-refractivity contribution >= 4 is 11.6 Å². The first-order valence-electron chi connectivity index (χ1n) is 3.70. The first-order valence-corrected chi connectivity index (χ1v) is 4.08. The van der Waals surface area contributed by atoms with Crippen molar-refractivity contribution in [3.8, 4) is 0 Å². The third-order valence-electron chi connectivity index (χ3n) is 1.48. The molecule has 1 rings (SSSR count). The highest BCUT2D eigenvalue weighted by molar-refractivity contribution is 6.29. The zero-order chi connectivity index (χ0) is 8.97. The van der Waals surface area contributed by atoms with E-state index < -0.39 is 6.17 Å². The van der Waals surface area contributed by atoms with Gasteiger partial charge in [0.05, 0.1) is 5.69 Å². The summed E-state index contributed by atoms with van der Waals surface area (Å²) in [6.07, 6.45) is -0.818. The number of pyridine rings is 1. The van der Waals surface area contributed by atoms with Crippen LogP contribution in [0, 0.1) is 0 Å². The fourth-order valence-corrected chi connectivity index (χ4v) is 1.06. The smallest absolute Gasteiger partial charge is 0.143 e. The summed E-state index contributed by atoms with van der Waals surface area (Å²) in [6.45, 7) is 0.315. The highest BCUT2D eigenvalue weighted by Crippen LogP contribution is 2.19. The van der Waals surface area contributed by atoms with Gasteiger partial charge in [0.15, 0.2) is 0 Å². The van der Waals surface area contributed by atoms with Gasteiger partial charge in [-0.05, 0) is 25.1 Å². The lowest BCUT2D eigenvalue weighted by molar-refractivity contribution is 0.320. The molecule has 1 unspecified atom stereocenters. The number of aromatic nitrogens is 1. The van der Waals surface area contributed by atoms with E-state index in [0.29, 0.717) is 17.4 Å². The SMILES string of the molecule is NCCC(F)c1cccc(Cl)n1. The van der Waals surface area contributed by atoms with Crippen molar-refractivity contribution in [2.45, 2.75) is 12.6 Å². The maximum Gasteiger partial charge on any atom is 0.143 e. The highest BCUT2D eigenvalue weighted by atomic mass is 35.5. The van der Waals surface area contributed by atoms with Crippen molar-refractivity contribution in [1.29, 1.82) is 0 Å². The zero-order valence-corrected chi connectivity index (χ0v) is 7.26. The molecule has 2 nitrogen and oxygen atoms in total. The Bertz CT molecular complexity index is 255. The Labute approximate surface area is 75.6 Å². The van der Waals surface area contributed by atoms with Gasteiger partial charge < -0.3 is 5.73 Å². The minimum absolute atomic E-state index is 0.285. The summed E-state index contributed by atoms with van der Waals surface area (Å²) in [4.78, 5) is 3.83. The summed E-state index contributed by atoms with van der Waals surface area (Å²) in [7, 11) is 0. The summed E-state index contributed by atoms with van der Waals surface area (Å²) in [5.41, 5.74) is 5.56. The van der Waals surface area contributed by atoms with E-state index in [4.69, 9.17) is 17.3 Å². The summed E-state index contributed by atoms with van der Waals surface area (Å²) in [5.74, 6) is 0. The first kappa shape index (κ1) is 9.42. The Kier molecular flexibility index (Phi) is 3.44. The van der Waals surface area contributed by atoms with Crippen molar-refractivity contribution in [2.24, 2.45) is 5.73 Å². The molecule has 0 aliphatic carbocycles. The van der Waals surface area contributed by atoms with Crippen LogP contribution in [-0.4, -0.2) is 11.5 Å². The van der Waals surface area contributed by atoms with Gasteiger partial charge in [-0.3, -0.25) is 0 Å². The number of hydrogen-bond donors (Lipinski definition) is 1. The highest BCUT2D eigenvalue weighted by Gasteiger charge is 2.09. The molecule has 2 N–H and O–H groups in total. The quantitative estimate of drug-likeness (QED) is 0.738. The molecule has 0 amide bonds. The lowest BCUT2D eigenvalue weighted by Gasteiger charge is -2.05. The second kappa shape index (κ2) is 4.38. The summed E-state index contributed by atoms with van der Waals surface area (Å²) in [5, 5.41) is 0.312. The van der Waals surface area contributed by atoms with Crippen LogP contribution >= 0.6 is 11.6 Å². The molecule has 1 aromatic rings. The van der Waals surface area contributed by atoms with Crippen LogP contribution < -0.4 is 5.73 Å². The normalized spacial score (nSPS) is 12.9. The maximum absolute atomic E-state index is 13.1. The summed E-state index contributed by atoms with van der Waals surface area (Å²) in [6, 6.07) is 4.89. The molecule has 1 aromatic heterocycles. The monoisotopic (exact) mass is 188 g/mol. The molecule has 4 heteroatoms. The second-order valence-corrected chi connectivity index (χ2v) is 2.82. The maximum atomic E-state index is 13.1. The molecule has 0 aliphatic heterocycles. The van der Waals surface area contributed by atoms with Crippen LogP contribution in [0.15, 0.2) is 18.2 Å². The Morgan fingerprint density at radius 2 is 2.33 bits per heavy atom. The van der Waals surface area contributed by atoms with Gasteiger partial charge in [0.2, 0.25) is 0 Å². The molecule has 0 aromatic carbocycles. The molecule has 1 atom stereocenters. The molecule has 0 spiro atoms. The fourth-order valence-electron chi connectivity index (χ4n) is 0.893. The fraction of sp³-hybridized carbons (Fsp3) is 0.375. The summed E-state index contributed by atoms with van der Waals surface area (Å²) < 4.78 is 13.1. The topological polar surface area (TPSA) is 38.9 Å². The molecule has 0 fully saturated rings. The molecular formula is C8H10ClFN2. The predicted molar refractivity (Wildman–Crippen MR) is 46.8 cm³/mol. The Hall–Kier alpha value is -0.670. The molecule has 12 heavy (non-hydrogen) atoms. The van der Waals surface area contributed by atoms with Gasteiger partial charge in [0, 0.05) is 0 Å². The first-order chi connectivity index (χ1) is 5.74. The lowest BCUT2D eigenvalue weighted by Crippen LogP contribution is -2.04. The molecule has 0 radical (unpaired) electrons. The van der Waals surface area contributed by atoms with E-state index in [1.165, 1.54) is 0 Å². The van der Waals surface area contributed by atoms with Crippen LogP contribution in [0.5, 0.6) is 0 Å². The van der Waals surface area contributed by atoms with Crippen LogP contribution in [-0.2, 0) is 0 Å². The lowest BCUT2D eigenvalue weighted by atomic mass is 10.2. The van der Waals surface area contributed by atoms with Gasteiger partial charge in [-0.25, -0.2) is 9.37 Å². The second-order valence-electron chi connectivity index (χ2n) is 2.43. The average Bonchev–Trinajstić information content (AvgIpc) is 2.05. The van der Waals surface area contributed by atoms with Crippen molar-refractivity contribution in [3.05, 3.63) is 29.0 Å². The molecular weight excluding hydrogens is 179 g/mol. The van der Waals surface area contributed by atoms with Gasteiger partial charge in [-0.2, -0.15) is 0 Å². The molecule has 0 saturated heterocycles. The number of halogens is 2. The van der Waals surface area contributed by atoms with Crippen LogP contribution in [0.25, 0.3) is 0 Å². The minimum Gasteiger partial charge on any atom is -0.330 e. The van der Waals surface area contributed by atoms with Crippen LogP contribution in [0.4, 0.5) is 4.39 Å². The van der Waals surface area contributed by atoms with E-state index >= 15 is 0 Å². The third kappa shape index (κ3) is 2.43. The number of nitrogens with two attached hydrogens (primary N) is 1. The average molecular weight is 189 g/mol. The molecule has 1 heterocycles. The van der Waals surface area contributed by atoms with Gasteiger partial charge in [-0.15, -0.1) is 0 Å². The Morgan fingerprint density at radius 1 is 1.58 bits per heavy atom. The van der Waals surface area contributed by atoms with Crippen molar-refractivity contribution in [1.82, 2.24) is 4.98 Å². The predicted octanol–water partition coefficient (Wildman–Crippen LogP) is 2.09. The molecule has 66 valence electrons. The van der Waals surface area contributed by atoms with Crippen LogP contribution in [0.2, 0.25) is 5.15 Å². The van der Waals surface area contributed by atoms with E-state index in [1.54, 1.807) is 18.2 Å². The van der Waals surface area contributed by atoms with Gasteiger partial charge in [0.25, 0.3) is 0 Å². The van der Waals surface area contributed by atoms with E-state index in [0.717, 1.165) is 0 Å². The van der Waals surface area contributed by atoms with Crippen molar-refractivity contribution in [2.75, 3.05) is 6.54 Å². The number of alkyl halides is 1. The molecule has 0 bridgehead atoms. The van der Waals surface area contributed by atoms with Gasteiger partial charge >= 0.3 is 0 Å². The van der Waals surface area contributed by atoms with Gasteiger partial charge in [-0.1, -0.05) is 17.7 Å². The number of rotatable bonds is 3. The van der Waals surface area contributed by atoms with Crippen molar-refractivity contribution < 1.29 is 4.39 Å². The third-order valence-corrected chi connectivity index (χ3v) is 1.69. The van der Waals surface area contributed by atoms with Crippen LogP contribution in [0.1, 0.15) is 18.3 Å². The Morgan fingerprint density at radius 3 is 2.92 bits per heavy atom. The standard InChI is InChI=1S/C8H10ClFN2/c9-8-3-1-2-7(12-8)6(10)4-5-11/h1-3,6H,4-5,11H2. The molecule has 0 saturated carbocycles. The van der Waals surface area contributed by atoms with Gasteiger partial charge in [0.1, 0.15) is 11.3 Å². The Balaban J connectivity index is 2.73. The van der Waals surface area contributed by atoms with E-state index in [2.05, 4.69) is 4.98 Å². The van der Waals surface area contributed by atoms with Crippen molar-refractivity contribution in [3.63, 3.8) is 0 Å². The largest absolute Gasteiger partial charge is 0.330 e. The van der Waals surface area contributed by atoms with Crippen LogP contribution in [0.3, 0.4) is 0 Å². The van der Waals surface area contributed by atoms with E-state index in [-0.39, 0.29) is 6.42 Å². The van der Waals surface area contributed by atoms with E-state index in [9.17, 15) is 4.39 Å². The summed E-state index contributed by atoms with van der Waals surface area (Å²) >= 11 is 5.58. The number of nitrogens with zero attached hydrogens (tertiary/aromatic N) is 1. The minimum atomic E-state index is -1.10. The zero-order valence-electron chi connectivity index (χ0n) is 6.50.